The number of rotatable bonds is 5. The van der Waals surface area contributed by atoms with Crippen molar-refractivity contribution < 1.29 is 27.9 Å². The van der Waals surface area contributed by atoms with Crippen molar-refractivity contribution in [3.8, 4) is 0 Å². The van der Waals surface area contributed by atoms with Crippen LogP contribution < -0.4 is 20.4 Å². The Hall–Kier alpha value is -3.76. The van der Waals surface area contributed by atoms with Gasteiger partial charge in [0, 0.05) is 37.0 Å². The van der Waals surface area contributed by atoms with E-state index >= 15 is 0 Å². The molecule has 3 amide bonds. The summed E-state index contributed by atoms with van der Waals surface area (Å²) in [6.45, 7) is 1.88. The lowest BCUT2D eigenvalue weighted by molar-refractivity contribution is -0.134. The van der Waals surface area contributed by atoms with Gasteiger partial charge in [-0.2, -0.15) is 0 Å². The summed E-state index contributed by atoms with van der Waals surface area (Å²) in [6.07, 6.45) is 1.06. The zero-order chi connectivity index (χ0) is 23.8. The number of pyridine rings is 1. The average molecular weight is 471 g/mol. The molecular formula is C23H23F2N5O4. The molecule has 1 aromatic carbocycles. The van der Waals surface area contributed by atoms with Crippen molar-refractivity contribution in [2.75, 3.05) is 36.0 Å². The lowest BCUT2D eigenvalue weighted by Gasteiger charge is -2.42. The monoisotopic (exact) mass is 471 g/mol. The Morgan fingerprint density at radius 1 is 1.09 bits per heavy atom. The van der Waals surface area contributed by atoms with Crippen LogP contribution in [0.3, 0.4) is 0 Å². The van der Waals surface area contributed by atoms with E-state index in [1.54, 1.807) is 11.1 Å². The fraction of sp³-hybridized carbons (Fsp3) is 0.391. The standard InChI is InChI=1S/C23H23F2N5O4/c24-17-7-14(8-18(25)21(17)16-4-5-20(31)28-22(16)32)29-9-13(10-29)27-23(33)34-15-11-30(12-15)19-3-1-2-6-26-19/h1-3,6-8,13,15-16H,4-5,9-12H2,(H,27,33)(H,28,31,32). The third-order valence-electron chi connectivity index (χ3n) is 6.32. The Labute approximate surface area is 194 Å². The van der Waals surface area contributed by atoms with Crippen LogP contribution in [-0.4, -0.2) is 61.2 Å². The molecule has 3 aliphatic heterocycles. The fourth-order valence-corrected chi connectivity index (χ4v) is 4.43. The van der Waals surface area contributed by atoms with E-state index in [-0.39, 0.29) is 30.6 Å². The van der Waals surface area contributed by atoms with Crippen LogP contribution in [0.5, 0.6) is 0 Å². The van der Waals surface area contributed by atoms with Crippen molar-refractivity contribution >= 4 is 29.4 Å². The highest BCUT2D eigenvalue weighted by Crippen LogP contribution is 2.33. The molecule has 5 rings (SSSR count). The van der Waals surface area contributed by atoms with Crippen LogP contribution in [0.4, 0.5) is 25.1 Å². The molecule has 34 heavy (non-hydrogen) atoms. The van der Waals surface area contributed by atoms with Crippen LogP contribution in [0.25, 0.3) is 0 Å². The van der Waals surface area contributed by atoms with Gasteiger partial charge in [-0.25, -0.2) is 18.6 Å². The van der Waals surface area contributed by atoms with Crippen molar-refractivity contribution in [2.45, 2.75) is 30.9 Å². The number of nitrogens with one attached hydrogen (secondary N) is 2. The Morgan fingerprint density at radius 2 is 1.82 bits per heavy atom. The maximum absolute atomic E-state index is 14.7. The highest BCUT2D eigenvalue weighted by atomic mass is 19.1. The highest BCUT2D eigenvalue weighted by molar-refractivity contribution is 6.01. The van der Waals surface area contributed by atoms with Crippen LogP contribution in [0, 0.1) is 11.6 Å². The van der Waals surface area contributed by atoms with E-state index in [9.17, 15) is 23.2 Å². The Morgan fingerprint density at radius 3 is 2.47 bits per heavy atom. The first-order valence-electron chi connectivity index (χ1n) is 11.1. The topological polar surface area (TPSA) is 104 Å². The van der Waals surface area contributed by atoms with Gasteiger partial charge in [-0.15, -0.1) is 0 Å². The molecule has 0 bridgehead atoms. The maximum atomic E-state index is 14.7. The Kier molecular flexibility index (Phi) is 5.76. The molecule has 178 valence electrons. The quantitative estimate of drug-likeness (QED) is 0.640. The predicted molar refractivity (Wildman–Crippen MR) is 117 cm³/mol. The van der Waals surface area contributed by atoms with Crippen molar-refractivity contribution in [1.29, 1.82) is 0 Å². The second kappa shape index (κ2) is 8.88. The van der Waals surface area contributed by atoms with Crippen LogP contribution >= 0.6 is 0 Å². The lowest BCUT2D eigenvalue weighted by Crippen LogP contribution is -2.61. The molecule has 0 radical (unpaired) electrons. The second-order valence-corrected chi connectivity index (χ2v) is 8.69. The SMILES string of the molecule is O=C1CCC(c2c(F)cc(N3CC(NC(=O)OC4CN(c5ccccn5)C4)C3)cc2F)C(=O)N1. The smallest absolute Gasteiger partial charge is 0.407 e. The molecule has 1 unspecified atom stereocenters. The summed E-state index contributed by atoms with van der Waals surface area (Å²) < 4.78 is 34.8. The number of anilines is 2. The van der Waals surface area contributed by atoms with Gasteiger partial charge in [0.1, 0.15) is 23.6 Å². The molecule has 0 aliphatic carbocycles. The number of alkyl carbamates (subject to hydrolysis) is 1. The van der Waals surface area contributed by atoms with Gasteiger partial charge in [-0.05, 0) is 30.7 Å². The average Bonchev–Trinajstić information content (AvgIpc) is 2.74. The van der Waals surface area contributed by atoms with Gasteiger partial charge in [-0.3, -0.25) is 14.9 Å². The summed E-state index contributed by atoms with van der Waals surface area (Å²) in [7, 11) is 0. The zero-order valence-corrected chi connectivity index (χ0v) is 18.2. The van der Waals surface area contributed by atoms with Crippen LogP contribution in [-0.2, 0) is 14.3 Å². The van der Waals surface area contributed by atoms with Gasteiger partial charge in [0.2, 0.25) is 11.8 Å². The largest absolute Gasteiger partial charge is 0.442 e. The molecule has 9 nitrogen and oxygen atoms in total. The number of piperidine rings is 1. The number of halogens is 2. The number of benzene rings is 1. The molecule has 0 saturated carbocycles. The van der Waals surface area contributed by atoms with Crippen LogP contribution in [0.15, 0.2) is 36.5 Å². The Balaban J connectivity index is 1.10. The third-order valence-corrected chi connectivity index (χ3v) is 6.32. The molecule has 4 heterocycles. The molecule has 0 spiro atoms. The van der Waals surface area contributed by atoms with Gasteiger partial charge < -0.3 is 19.9 Å². The molecule has 11 heteroatoms. The number of carbonyl (C=O) groups excluding carboxylic acids is 3. The lowest BCUT2D eigenvalue weighted by atomic mass is 9.89. The number of ether oxygens (including phenoxy) is 1. The zero-order valence-electron chi connectivity index (χ0n) is 18.2. The van der Waals surface area contributed by atoms with Gasteiger partial charge in [0.15, 0.2) is 0 Å². The second-order valence-electron chi connectivity index (χ2n) is 8.69. The number of hydrogen-bond acceptors (Lipinski definition) is 7. The summed E-state index contributed by atoms with van der Waals surface area (Å²) in [5, 5.41) is 4.88. The number of carbonyl (C=O) groups is 3. The van der Waals surface area contributed by atoms with Crippen molar-refractivity contribution in [3.63, 3.8) is 0 Å². The van der Waals surface area contributed by atoms with E-state index in [0.717, 1.165) is 5.82 Å². The van der Waals surface area contributed by atoms with Crippen molar-refractivity contribution in [2.24, 2.45) is 0 Å². The first-order valence-corrected chi connectivity index (χ1v) is 11.1. The van der Waals surface area contributed by atoms with Gasteiger partial charge >= 0.3 is 6.09 Å². The predicted octanol–water partition coefficient (Wildman–Crippen LogP) is 1.68. The molecule has 2 aromatic rings. The normalized spacial score (nSPS) is 20.9. The molecule has 3 saturated heterocycles. The minimum absolute atomic E-state index is 0.0364. The van der Waals surface area contributed by atoms with E-state index in [1.807, 2.05) is 23.1 Å². The van der Waals surface area contributed by atoms with Crippen molar-refractivity contribution in [3.05, 3.63) is 53.7 Å². The first kappa shape index (κ1) is 22.1. The number of amides is 3. The number of nitrogens with zero attached hydrogens (tertiary/aromatic N) is 3. The molecule has 1 aromatic heterocycles. The van der Waals surface area contributed by atoms with Gasteiger partial charge in [0.05, 0.1) is 25.0 Å². The summed E-state index contributed by atoms with van der Waals surface area (Å²) in [5.41, 5.74) is -0.00442. The highest BCUT2D eigenvalue weighted by Gasteiger charge is 2.36. The maximum Gasteiger partial charge on any atom is 0.407 e. The third kappa shape index (κ3) is 4.37. The minimum atomic E-state index is -1.03. The van der Waals surface area contributed by atoms with E-state index in [2.05, 4.69) is 15.6 Å². The summed E-state index contributed by atoms with van der Waals surface area (Å²) in [4.78, 5) is 43.4. The summed E-state index contributed by atoms with van der Waals surface area (Å²) >= 11 is 0. The molecule has 1 atom stereocenters. The summed E-state index contributed by atoms with van der Waals surface area (Å²) in [6, 6.07) is 7.77. The van der Waals surface area contributed by atoms with E-state index in [1.165, 1.54) is 12.1 Å². The van der Waals surface area contributed by atoms with E-state index in [0.29, 0.717) is 31.9 Å². The van der Waals surface area contributed by atoms with Gasteiger partial charge in [-0.1, -0.05) is 6.07 Å². The van der Waals surface area contributed by atoms with Crippen molar-refractivity contribution in [1.82, 2.24) is 15.6 Å². The van der Waals surface area contributed by atoms with Crippen LogP contribution in [0.1, 0.15) is 24.3 Å². The van der Waals surface area contributed by atoms with E-state index in [4.69, 9.17) is 4.74 Å². The van der Waals surface area contributed by atoms with E-state index < -0.39 is 35.5 Å². The Bertz CT molecular complexity index is 1100. The molecule has 3 fully saturated rings. The number of aromatic nitrogens is 1. The number of hydrogen-bond donors (Lipinski definition) is 2. The molecule has 2 N–H and O–H groups in total. The number of imide groups is 1. The first-order chi connectivity index (χ1) is 16.4. The van der Waals surface area contributed by atoms with Gasteiger partial charge in [0.25, 0.3) is 0 Å². The van der Waals surface area contributed by atoms with Crippen LogP contribution in [0.2, 0.25) is 0 Å². The summed E-state index contributed by atoms with van der Waals surface area (Å²) in [5.74, 6) is -3.00. The minimum Gasteiger partial charge on any atom is -0.442 e. The fourth-order valence-electron chi connectivity index (χ4n) is 4.43. The molecule has 3 aliphatic rings. The molecular weight excluding hydrogens is 448 g/mol.